The Labute approximate surface area is 99.8 Å². The van der Waals surface area contributed by atoms with Crippen LogP contribution in [0, 0.1) is 0 Å². The minimum atomic E-state index is -0.408. The summed E-state index contributed by atoms with van der Waals surface area (Å²) >= 11 is 0. The lowest BCUT2D eigenvalue weighted by Crippen LogP contribution is -1.99. The largest absolute Gasteiger partial charge is 0.496 e. The first-order valence-electron chi connectivity index (χ1n) is 5.19. The predicted molar refractivity (Wildman–Crippen MR) is 64.0 cm³/mol. The average molecular weight is 234 g/mol. The molecule has 0 aliphatic rings. The van der Waals surface area contributed by atoms with Gasteiger partial charge in [0.25, 0.3) is 0 Å². The van der Waals surface area contributed by atoms with Crippen LogP contribution < -0.4 is 4.74 Å². The standard InChI is InChI=1S/C13H14O4/c1-3-17-13(15)7-6-11-5-4-10(9-14)8-12(11)16-2/h4-9H,3H2,1-2H3. The van der Waals surface area contributed by atoms with Crippen molar-refractivity contribution in [3.63, 3.8) is 0 Å². The van der Waals surface area contributed by atoms with Gasteiger partial charge >= 0.3 is 5.97 Å². The maximum absolute atomic E-state index is 11.1. The number of hydrogen-bond donors (Lipinski definition) is 0. The fraction of sp³-hybridized carbons (Fsp3) is 0.231. The highest BCUT2D eigenvalue weighted by Gasteiger charge is 2.02. The molecular formula is C13H14O4. The van der Waals surface area contributed by atoms with E-state index >= 15 is 0 Å². The summed E-state index contributed by atoms with van der Waals surface area (Å²) in [7, 11) is 1.51. The molecule has 4 heteroatoms. The summed E-state index contributed by atoms with van der Waals surface area (Å²) in [5.74, 6) is 0.129. The molecule has 0 unspecified atom stereocenters. The number of benzene rings is 1. The molecule has 17 heavy (non-hydrogen) atoms. The minimum Gasteiger partial charge on any atom is -0.496 e. The Hall–Kier alpha value is -2.10. The molecule has 1 rings (SSSR count). The van der Waals surface area contributed by atoms with Crippen LogP contribution >= 0.6 is 0 Å². The van der Waals surface area contributed by atoms with Gasteiger partial charge < -0.3 is 9.47 Å². The fourth-order valence-electron chi connectivity index (χ4n) is 1.29. The van der Waals surface area contributed by atoms with Crippen molar-refractivity contribution < 1.29 is 19.1 Å². The van der Waals surface area contributed by atoms with Gasteiger partial charge in [-0.15, -0.1) is 0 Å². The number of aldehydes is 1. The molecule has 0 aliphatic carbocycles. The SMILES string of the molecule is CCOC(=O)C=Cc1ccc(C=O)cc1OC. The van der Waals surface area contributed by atoms with E-state index in [-0.39, 0.29) is 0 Å². The molecule has 4 nitrogen and oxygen atoms in total. The van der Waals surface area contributed by atoms with E-state index in [1.165, 1.54) is 13.2 Å². The Morgan fingerprint density at radius 1 is 1.41 bits per heavy atom. The van der Waals surface area contributed by atoms with Crippen molar-refractivity contribution in [2.75, 3.05) is 13.7 Å². The van der Waals surface area contributed by atoms with Gasteiger partial charge in [0.15, 0.2) is 0 Å². The zero-order valence-corrected chi connectivity index (χ0v) is 9.80. The van der Waals surface area contributed by atoms with Crippen molar-refractivity contribution in [1.29, 1.82) is 0 Å². The second-order valence-corrected chi connectivity index (χ2v) is 3.20. The molecule has 0 fully saturated rings. The third-order valence-electron chi connectivity index (χ3n) is 2.08. The number of rotatable bonds is 5. The van der Waals surface area contributed by atoms with Gasteiger partial charge in [-0.05, 0) is 19.1 Å². The summed E-state index contributed by atoms with van der Waals surface area (Å²) < 4.78 is 9.88. The summed E-state index contributed by atoms with van der Waals surface area (Å²) in [5.41, 5.74) is 1.24. The van der Waals surface area contributed by atoms with E-state index < -0.39 is 5.97 Å². The van der Waals surface area contributed by atoms with Gasteiger partial charge in [-0.1, -0.05) is 12.1 Å². The molecule has 1 aromatic rings. The molecule has 0 aliphatic heterocycles. The predicted octanol–water partition coefficient (Wildman–Crippen LogP) is 2.08. The normalized spacial score (nSPS) is 10.2. The third kappa shape index (κ3) is 3.75. The van der Waals surface area contributed by atoms with E-state index in [1.54, 1.807) is 31.2 Å². The van der Waals surface area contributed by atoms with Crippen LogP contribution in [0.4, 0.5) is 0 Å². The van der Waals surface area contributed by atoms with Gasteiger partial charge in [0.05, 0.1) is 13.7 Å². The second kappa shape index (κ2) is 6.48. The van der Waals surface area contributed by atoms with Crippen LogP contribution in [0.3, 0.4) is 0 Å². The zero-order chi connectivity index (χ0) is 12.7. The van der Waals surface area contributed by atoms with Crippen LogP contribution in [0.5, 0.6) is 5.75 Å². The lowest BCUT2D eigenvalue weighted by Gasteiger charge is -2.05. The van der Waals surface area contributed by atoms with Gasteiger partial charge in [-0.2, -0.15) is 0 Å². The van der Waals surface area contributed by atoms with Gasteiger partial charge in [0, 0.05) is 17.2 Å². The summed E-state index contributed by atoms with van der Waals surface area (Å²) in [4.78, 5) is 21.7. The van der Waals surface area contributed by atoms with Crippen LogP contribution in [0.25, 0.3) is 6.08 Å². The number of carbonyl (C=O) groups excluding carboxylic acids is 2. The Balaban J connectivity index is 2.90. The smallest absolute Gasteiger partial charge is 0.330 e. The summed E-state index contributed by atoms with van der Waals surface area (Å²) in [6.07, 6.45) is 3.65. The Morgan fingerprint density at radius 2 is 2.18 bits per heavy atom. The molecule has 0 bridgehead atoms. The fourth-order valence-corrected chi connectivity index (χ4v) is 1.29. The molecule has 0 radical (unpaired) electrons. The first-order chi connectivity index (χ1) is 8.21. The molecule has 90 valence electrons. The van der Waals surface area contributed by atoms with Crippen molar-refractivity contribution >= 4 is 18.3 Å². The topological polar surface area (TPSA) is 52.6 Å². The average Bonchev–Trinajstić information content (AvgIpc) is 2.36. The van der Waals surface area contributed by atoms with Crippen LogP contribution in [0.15, 0.2) is 24.3 Å². The van der Waals surface area contributed by atoms with E-state index in [2.05, 4.69) is 0 Å². The van der Waals surface area contributed by atoms with Crippen LogP contribution in [0.2, 0.25) is 0 Å². The molecule has 0 heterocycles. The van der Waals surface area contributed by atoms with E-state index in [0.29, 0.717) is 23.5 Å². The van der Waals surface area contributed by atoms with E-state index in [0.717, 1.165) is 6.29 Å². The van der Waals surface area contributed by atoms with Gasteiger partial charge in [-0.3, -0.25) is 4.79 Å². The summed E-state index contributed by atoms with van der Waals surface area (Å²) in [5, 5.41) is 0. The molecule has 0 aromatic heterocycles. The molecule has 1 aromatic carbocycles. The zero-order valence-electron chi connectivity index (χ0n) is 9.80. The molecule has 0 saturated carbocycles. The number of ether oxygens (including phenoxy) is 2. The highest BCUT2D eigenvalue weighted by atomic mass is 16.5. The number of methoxy groups -OCH3 is 1. The molecule has 0 atom stereocenters. The lowest BCUT2D eigenvalue weighted by atomic mass is 10.1. The highest BCUT2D eigenvalue weighted by molar-refractivity contribution is 5.88. The molecule has 0 N–H and O–H groups in total. The molecule has 0 saturated heterocycles. The number of carbonyl (C=O) groups is 2. The van der Waals surface area contributed by atoms with Crippen molar-refractivity contribution in [3.05, 3.63) is 35.4 Å². The quantitative estimate of drug-likeness (QED) is 0.444. The highest BCUT2D eigenvalue weighted by Crippen LogP contribution is 2.20. The molecular weight excluding hydrogens is 220 g/mol. The van der Waals surface area contributed by atoms with E-state index in [1.807, 2.05) is 0 Å². The molecule has 0 spiro atoms. The minimum absolute atomic E-state index is 0.338. The lowest BCUT2D eigenvalue weighted by molar-refractivity contribution is -0.137. The van der Waals surface area contributed by atoms with Crippen LogP contribution in [-0.4, -0.2) is 26.0 Å². The maximum Gasteiger partial charge on any atom is 0.330 e. The van der Waals surface area contributed by atoms with Gasteiger partial charge in [0.2, 0.25) is 0 Å². The Bertz CT molecular complexity index is 435. The van der Waals surface area contributed by atoms with Crippen molar-refractivity contribution in [2.45, 2.75) is 6.92 Å². The van der Waals surface area contributed by atoms with Crippen molar-refractivity contribution in [3.8, 4) is 5.75 Å². The second-order valence-electron chi connectivity index (χ2n) is 3.20. The Morgan fingerprint density at radius 3 is 2.76 bits per heavy atom. The Kier molecular flexibility index (Phi) is 4.94. The van der Waals surface area contributed by atoms with Gasteiger partial charge in [0.1, 0.15) is 12.0 Å². The summed E-state index contributed by atoms with van der Waals surface area (Å²) in [6, 6.07) is 4.97. The van der Waals surface area contributed by atoms with E-state index in [9.17, 15) is 9.59 Å². The van der Waals surface area contributed by atoms with Crippen molar-refractivity contribution in [2.24, 2.45) is 0 Å². The summed E-state index contributed by atoms with van der Waals surface area (Å²) in [6.45, 7) is 2.08. The maximum atomic E-state index is 11.1. The monoisotopic (exact) mass is 234 g/mol. The third-order valence-corrected chi connectivity index (χ3v) is 2.08. The first-order valence-corrected chi connectivity index (χ1v) is 5.19. The van der Waals surface area contributed by atoms with Gasteiger partial charge in [-0.25, -0.2) is 4.79 Å². The molecule has 0 amide bonds. The van der Waals surface area contributed by atoms with Crippen LogP contribution in [0.1, 0.15) is 22.8 Å². The number of hydrogen-bond acceptors (Lipinski definition) is 4. The van der Waals surface area contributed by atoms with Crippen molar-refractivity contribution in [1.82, 2.24) is 0 Å². The van der Waals surface area contributed by atoms with Crippen LogP contribution in [-0.2, 0) is 9.53 Å². The first kappa shape index (κ1) is 13.0. The number of esters is 1. The van der Waals surface area contributed by atoms with E-state index in [4.69, 9.17) is 9.47 Å².